The summed E-state index contributed by atoms with van der Waals surface area (Å²) in [5, 5.41) is 12.4. The van der Waals surface area contributed by atoms with E-state index in [-0.39, 0.29) is 0 Å². The second-order valence-electron chi connectivity index (χ2n) is 3.81. The molecule has 0 fully saturated rings. The van der Waals surface area contributed by atoms with Gasteiger partial charge in [-0.05, 0) is 25.0 Å². The standard InChI is InChI=1S/C13H14N2O/c1-16-12-7-6-10(9-14)13(8-12)15-11-4-2-3-5-11/h2-3,6-8,11,15H,4-5H2,1H3. The number of anilines is 1. The summed E-state index contributed by atoms with van der Waals surface area (Å²) in [5.41, 5.74) is 1.52. The second-order valence-corrected chi connectivity index (χ2v) is 3.81. The third-order valence-corrected chi connectivity index (χ3v) is 2.71. The van der Waals surface area contributed by atoms with Gasteiger partial charge in [-0.15, -0.1) is 0 Å². The average Bonchev–Trinajstić information content (AvgIpc) is 2.82. The van der Waals surface area contributed by atoms with Crippen LogP contribution in [-0.4, -0.2) is 13.2 Å². The molecule has 0 aliphatic heterocycles. The normalized spacial score (nSPS) is 14.8. The van der Waals surface area contributed by atoms with Crippen LogP contribution in [0.3, 0.4) is 0 Å². The molecule has 0 radical (unpaired) electrons. The van der Waals surface area contributed by atoms with E-state index in [1.54, 1.807) is 19.2 Å². The molecule has 82 valence electrons. The van der Waals surface area contributed by atoms with Crippen LogP contribution in [0.5, 0.6) is 5.75 Å². The van der Waals surface area contributed by atoms with Gasteiger partial charge in [-0.1, -0.05) is 12.2 Å². The van der Waals surface area contributed by atoms with E-state index >= 15 is 0 Å². The maximum absolute atomic E-state index is 9.01. The van der Waals surface area contributed by atoms with Gasteiger partial charge < -0.3 is 10.1 Å². The highest BCUT2D eigenvalue weighted by Crippen LogP contribution is 2.24. The van der Waals surface area contributed by atoms with Crippen LogP contribution in [-0.2, 0) is 0 Å². The minimum atomic E-state index is 0.402. The van der Waals surface area contributed by atoms with Crippen LogP contribution < -0.4 is 10.1 Å². The predicted octanol–water partition coefficient (Wildman–Crippen LogP) is 2.70. The van der Waals surface area contributed by atoms with Crippen LogP contribution >= 0.6 is 0 Å². The van der Waals surface area contributed by atoms with Crippen LogP contribution in [0.4, 0.5) is 5.69 Å². The zero-order chi connectivity index (χ0) is 11.4. The van der Waals surface area contributed by atoms with Crippen LogP contribution in [0.25, 0.3) is 0 Å². The average molecular weight is 214 g/mol. The monoisotopic (exact) mass is 214 g/mol. The molecule has 3 heteroatoms. The first-order valence-electron chi connectivity index (χ1n) is 5.33. The lowest BCUT2D eigenvalue weighted by atomic mass is 10.1. The Morgan fingerprint density at radius 1 is 1.38 bits per heavy atom. The number of methoxy groups -OCH3 is 1. The fourth-order valence-electron chi connectivity index (χ4n) is 1.82. The van der Waals surface area contributed by atoms with Crippen LogP contribution in [0, 0.1) is 11.3 Å². The zero-order valence-corrected chi connectivity index (χ0v) is 9.23. The largest absolute Gasteiger partial charge is 0.497 e. The molecule has 0 unspecified atom stereocenters. The van der Waals surface area contributed by atoms with E-state index in [9.17, 15) is 0 Å². The fraction of sp³-hybridized carbons (Fsp3) is 0.308. The number of benzene rings is 1. The summed E-state index contributed by atoms with van der Waals surface area (Å²) in [6, 6.07) is 8.04. The van der Waals surface area contributed by atoms with Gasteiger partial charge in [0.15, 0.2) is 0 Å². The summed E-state index contributed by atoms with van der Waals surface area (Å²) in [4.78, 5) is 0. The maximum atomic E-state index is 9.01. The quantitative estimate of drug-likeness (QED) is 0.787. The Hall–Kier alpha value is -1.95. The summed E-state index contributed by atoms with van der Waals surface area (Å²) in [6.45, 7) is 0. The van der Waals surface area contributed by atoms with Crippen molar-refractivity contribution in [3.63, 3.8) is 0 Å². The molecule has 3 nitrogen and oxygen atoms in total. The van der Waals surface area contributed by atoms with Crippen molar-refractivity contribution in [2.45, 2.75) is 18.9 Å². The van der Waals surface area contributed by atoms with Gasteiger partial charge in [0.25, 0.3) is 0 Å². The molecule has 0 saturated heterocycles. The number of nitriles is 1. The molecule has 0 heterocycles. The van der Waals surface area contributed by atoms with Crippen molar-refractivity contribution in [3.05, 3.63) is 35.9 Å². The highest BCUT2D eigenvalue weighted by molar-refractivity contribution is 5.61. The SMILES string of the molecule is COc1ccc(C#N)c(NC2CC=CC2)c1. The van der Waals surface area contributed by atoms with Crippen LogP contribution in [0.2, 0.25) is 0 Å². The molecule has 1 aliphatic rings. The molecule has 16 heavy (non-hydrogen) atoms. The Kier molecular flexibility index (Phi) is 3.11. The highest BCUT2D eigenvalue weighted by Gasteiger charge is 2.12. The molecule has 0 spiro atoms. The Labute approximate surface area is 95.3 Å². The summed E-state index contributed by atoms with van der Waals surface area (Å²) in [7, 11) is 1.63. The Morgan fingerprint density at radius 3 is 2.75 bits per heavy atom. The van der Waals surface area contributed by atoms with Gasteiger partial charge >= 0.3 is 0 Å². The van der Waals surface area contributed by atoms with Crippen molar-refractivity contribution >= 4 is 5.69 Å². The van der Waals surface area contributed by atoms with Crippen LogP contribution in [0.1, 0.15) is 18.4 Å². The van der Waals surface area contributed by atoms with E-state index in [0.29, 0.717) is 11.6 Å². The van der Waals surface area contributed by atoms with Crippen molar-refractivity contribution in [2.75, 3.05) is 12.4 Å². The van der Waals surface area contributed by atoms with Crippen molar-refractivity contribution < 1.29 is 4.74 Å². The Morgan fingerprint density at radius 2 is 2.12 bits per heavy atom. The van der Waals surface area contributed by atoms with E-state index in [1.807, 2.05) is 6.07 Å². The maximum Gasteiger partial charge on any atom is 0.121 e. The molecular formula is C13H14N2O. The number of ether oxygens (including phenoxy) is 1. The van der Waals surface area contributed by atoms with Gasteiger partial charge in [0, 0.05) is 12.1 Å². The van der Waals surface area contributed by atoms with Crippen molar-refractivity contribution in [1.29, 1.82) is 5.26 Å². The lowest BCUT2D eigenvalue weighted by Crippen LogP contribution is -2.15. The molecule has 0 aromatic heterocycles. The van der Waals surface area contributed by atoms with E-state index in [2.05, 4.69) is 23.5 Å². The molecular weight excluding hydrogens is 200 g/mol. The Bertz CT molecular complexity index is 438. The molecule has 2 rings (SSSR count). The lowest BCUT2D eigenvalue weighted by Gasteiger charge is -2.15. The molecule has 0 atom stereocenters. The molecule has 0 bridgehead atoms. The van der Waals surface area contributed by atoms with Gasteiger partial charge in [-0.25, -0.2) is 0 Å². The number of hydrogen-bond acceptors (Lipinski definition) is 3. The summed E-state index contributed by atoms with van der Waals surface area (Å²) in [6.07, 6.45) is 6.35. The van der Waals surface area contributed by atoms with Gasteiger partial charge in [0.05, 0.1) is 18.4 Å². The molecule has 1 aromatic carbocycles. The Balaban J connectivity index is 2.20. The van der Waals surface area contributed by atoms with Gasteiger partial charge in [-0.3, -0.25) is 0 Å². The summed E-state index contributed by atoms with van der Waals surface area (Å²) < 4.78 is 5.15. The van der Waals surface area contributed by atoms with E-state index in [1.165, 1.54) is 0 Å². The van der Waals surface area contributed by atoms with Crippen molar-refractivity contribution in [3.8, 4) is 11.8 Å². The summed E-state index contributed by atoms with van der Waals surface area (Å²) in [5.74, 6) is 0.771. The van der Waals surface area contributed by atoms with Crippen molar-refractivity contribution in [1.82, 2.24) is 0 Å². The zero-order valence-electron chi connectivity index (χ0n) is 9.23. The molecule has 1 N–H and O–H groups in total. The van der Waals surface area contributed by atoms with E-state index in [0.717, 1.165) is 24.3 Å². The molecule has 1 aliphatic carbocycles. The van der Waals surface area contributed by atoms with Gasteiger partial charge in [0.2, 0.25) is 0 Å². The molecule has 1 aromatic rings. The van der Waals surface area contributed by atoms with E-state index in [4.69, 9.17) is 10.00 Å². The fourth-order valence-corrected chi connectivity index (χ4v) is 1.82. The third-order valence-electron chi connectivity index (χ3n) is 2.71. The number of nitrogens with one attached hydrogen (secondary N) is 1. The highest BCUT2D eigenvalue weighted by atomic mass is 16.5. The lowest BCUT2D eigenvalue weighted by molar-refractivity contribution is 0.415. The number of rotatable bonds is 3. The molecule has 0 amide bonds. The van der Waals surface area contributed by atoms with Crippen LogP contribution in [0.15, 0.2) is 30.4 Å². The minimum Gasteiger partial charge on any atom is -0.497 e. The third kappa shape index (κ3) is 2.17. The topological polar surface area (TPSA) is 45.0 Å². The van der Waals surface area contributed by atoms with E-state index < -0.39 is 0 Å². The number of hydrogen-bond donors (Lipinski definition) is 1. The first-order chi connectivity index (χ1) is 7.83. The predicted molar refractivity (Wildman–Crippen MR) is 63.5 cm³/mol. The number of nitrogens with zero attached hydrogens (tertiary/aromatic N) is 1. The van der Waals surface area contributed by atoms with Crippen molar-refractivity contribution in [2.24, 2.45) is 0 Å². The first kappa shape index (κ1) is 10.6. The van der Waals surface area contributed by atoms with Gasteiger partial charge in [0.1, 0.15) is 11.8 Å². The smallest absolute Gasteiger partial charge is 0.121 e. The van der Waals surface area contributed by atoms with Gasteiger partial charge in [-0.2, -0.15) is 5.26 Å². The summed E-state index contributed by atoms with van der Waals surface area (Å²) >= 11 is 0. The molecule has 0 saturated carbocycles. The minimum absolute atomic E-state index is 0.402. The second kappa shape index (κ2) is 4.71. The first-order valence-corrected chi connectivity index (χ1v) is 5.33.